The predicted octanol–water partition coefficient (Wildman–Crippen LogP) is 2.39. The zero-order chi connectivity index (χ0) is 17.6. The highest BCUT2D eigenvalue weighted by molar-refractivity contribution is 7.91. The van der Waals surface area contributed by atoms with Crippen LogP contribution < -0.4 is 10.6 Å². The van der Waals surface area contributed by atoms with Crippen LogP contribution >= 0.6 is 11.3 Å². The van der Waals surface area contributed by atoms with E-state index in [1.54, 1.807) is 20.2 Å². The minimum Gasteiger partial charge on any atom is -0.357 e. The van der Waals surface area contributed by atoms with Crippen LogP contribution in [0.3, 0.4) is 0 Å². The van der Waals surface area contributed by atoms with Crippen molar-refractivity contribution in [2.24, 2.45) is 4.99 Å². The highest BCUT2D eigenvalue weighted by Gasteiger charge is 2.19. The van der Waals surface area contributed by atoms with Crippen LogP contribution in [0.4, 0.5) is 0 Å². The van der Waals surface area contributed by atoms with E-state index in [0.29, 0.717) is 16.8 Å². The Kier molecular flexibility index (Phi) is 7.06. The number of hydrogen-bond acceptors (Lipinski definition) is 4. The summed E-state index contributed by atoms with van der Waals surface area (Å²) in [5, 5.41) is 6.77. The maximum atomic E-state index is 12.1. The molecule has 1 saturated carbocycles. The molecule has 0 unspecified atom stereocenters. The van der Waals surface area contributed by atoms with Crippen molar-refractivity contribution >= 4 is 27.3 Å². The van der Waals surface area contributed by atoms with Crippen molar-refractivity contribution in [1.82, 2.24) is 14.9 Å². The first kappa shape index (κ1) is 19.2. The summed E-state index contributed by atoms with van der Waals surface area (Å²) in [6, 6.07) is 3.99. The predicted molar refractivity (Wildman–Crippen MR) is 100 cm³/mol. The summed E-state index contributed by atoms with van der Waals surface area (Å²) in [5.41, 5.74) is 0. The first-order chi connectivity index (χ1) is 11.4. The summed E-state index contributed by atoms with van der Waals surface area (Å²) >= 11 is 1.28. The minimum absolute atomic E-state index is 0.364. The zero-order valence-electron chi connectivity index (χ0n) is 14.7. The normalized spacial score (nSPS) is 17.2. The third kappa shape index (κ3) is 5.19. The summed E-state index contributed by atoms with van der Waals surface area (Å²) in [6.07, 6.45) is 6.25. The van der Waals surface area contributed by atoms with Crippen molar-refractivity contribution in [2.75, 3.05) is 20.6 Å². The van der Waals surface area contributed by atoms with Crippen molar-refractivity contribution in [3.05, 3.63) is 17.0 Å². The van der Waals surface area contributed by atoms with E-state index < -0.39 is 10.0 Å². The second kappa shape index (κ2) is 8.82. The Bertz CT molecular complexity index is 647. The van der Waals surface area contributed by atoms with Gasteiger partial charge in [-0.05, 0) is 31.9 Å². The molecule has 1 aliphatic carbocycles. The monoisotopic (exact) mass is 372 g/mol. The lowest BCUT2D eigenvalue weighted by Gasteiger charge is -2.24. The fourth-order valence-corrected chi connectivity index (χ4v) is 5.13. The summed E-state index contributed by atoms with van der Waals surface area (Å²) < 4.78 is 25.8. The second-order valence-electron chi connectivity index (χ2n) is 6.18. The van der Waals surface area contributed by atoms with Gasteiger partial charge in [0, 0.05) is 31.6 Å². The van der Waals surface area contributed by atoms with Crippen molar-refractivity contribution in [1.29, 1.82) is 0 Å². The third-order valence-corrected chi connectivity index (χ3v) is 7.41. The number of nitrogens with one attached hydrogen (secondary N) is 2. The van der Waals surface area contributed by atoms with Gasteiger partial charge in [-0.25, -0.2) is 17.7 Å². The van der Waals surface area contributed by atoms with E-state index in [-0.39, 0.29) is 0 Å². The van der Waals surface area contributed by atoms with Crippen LogP contribution in [0, 0.1) is 0 Å². The van der Waals surface area contributed by atoms with Gasteiger partial charge in [-0.1, -0.05) is 19.3 Å². The summed E-state index contributed by atoms with van der Waals surface area (Å²) in [5.74, 6) is 0.815. The van der Waals surface area contributed by atoms with Gasteiger partial charge in [0.2, 0.25) is 0 Å². The maximum absolute atomic E-state index is 12.1. The quantitative estimate of drug-likeness (QED) is 0.594. The van der Waals surface area contributed by atoms with E-state index >= 15 is 0 Å². The molecule has 24 heavy (non-hydrogen) atoms. The Morgan fingerprint density at radius 2 is 2.00 bits per heavy atom. The van der Waals surface area contributed by atoms with Crippen LogP contribution in [0.2, 0.25) is 0 Å². The van der Waals surface area contributed by atoms with Crippen LogP contribution in [0.5, 0.6) is 0 Å². The molecular weight excluding hydrogens is 344 g/mol. The number of sulfonamides is 1. The fraction of sp³-hybridized carbons (Fsp3) is 0.688. The lowest BCUT2D eigenvalue weighted by Crippen LogP contribution is -2.44. The highest BCUT2D eigenvalue weighted by Crippen LogP contribution is 2.24. The zero-order valence-corrected chi connectivity index (χ0v) is 16.3. The highest BCUT2D eigenvalue weighted by atomic mass is 32.2. The topological polar surface area (TPSA) is 73.8 Å². The van der Waals surface area contributed by atoms with Gasteiger partial charge >= 0.3 is 0 Å². The van der Waals surface area contributed by atoms with E-state index in [0.717, 1.165) is 17.4 Å². The first-order valence-electron chi connectivity index (χ1n) is 8.49. The molecule has 0 radical (unpaired) electrons. The van der Waals surface area contributed by atoms with Crippen molar-refractivity contribution in [3.8, 4) is 0 Å². The van der Waals surface area contributed by atoms with E-state index in [9.17, 15) is 8.42 Å². The number of hydrogen-bond donors (Lipinski definition) is 2. The maximum Gasteiger partial charge on any atom is 0.252 e. The fourth-order valence-electron chi connectivity index (χ4n) is 2.68. The molecule has 1 heterocycles. The Morgan fingerprint density at radius 1 is 1.29 bits per heavy atom. The molecule has 1 aliphatic rings. The molecule has 2 rings (SSSR count). The van der Waals surface area contributed by atoms with Crippen molar-refractivity contribution in [2.45, 2.75) is 55.8 Å². The van der Waals surface area contributed by atoms with Gasteiger partial charge in [-0.15, -0.1) is 11.3 Å². The molecule has 0 saturated heterocycles. The number of thiophene rings is 1. The van der Waals surface area contributed by atoms with Crippen LogP contribution in [-0.2, 0) is 16.6 Å². The molecule has 0 amide bonds. The Labute approximate surface area is 149 Å². The molecule has 0 spiro atoms. The molecule has 0 aliphatic heterocycles. The molecule has 0 atom stereocenters. The average Bonchev–Trinajstić information content (AvgIpc) is 3.03. The molecule has 136 valence electrons. The van der Waals surface area contributed by atoms with Gasteiger partial charge < -0.3 is 10.6 Å². The molecule has 1 aromatic heterocycles. The minimum atomic E-state index is -3.36. The van der Waals surface area contributed by atoms with Gasteiger partial charge in [0.15, 0.2) is 5.96 Å². The standard InChI is InChI=1S/C16H28N4O2S2/c1-4-17-16(19-13-8-6-5-7-9-13)18-12-14-10-11-15(23-14)24(21,22)20(2)3/h10-11,13H,4-9,12H2,1-3H3,(H2,17,18,19). The van der Waals surface area contributed by atoms with Gasteiger partial charge in [-0.2, -0.15) is 0 Å². The SMILES string of the molecule is CCNC(=NCc1ccc(S(=O)(=O)N(C)C)s1)NC1CCCCC1. The third-order valence-electron chi connectivity index (χ3n) is 4.06. The van der Waals surface area contributed by atoms with E-state index in [2.05, 4.69) is 15.6 Å². The Balaban J connectivity index is 2.02. The summed E-state index contributed by atoms with van der Waals surface area (Å²) in [6.45, 7) is 3.34. The molecular formula is C16H28N4O2S2. The van der Waals surface area contributed by atoms with Crippen LogP contribution in [0.25, 0.3) is 0 Å². The van der Waals surface area contributed by atoms with E-state index in [1.165, 1.54) is 47.7 Å². The number of nitrogens with zero attached hydrogens (tertiary/aromatic N) is 2. The smallest absolute Gasteiger partial charge is 0.252 e. The Hall–Kier alpha value is -1.12. The molecule has 0 bridgehead atoms. The molecule has 1 aromatic rings. The molecule has 1 fully saturated rings. The average molecular weight is 373 g/mol. The molecule has 6 nitrogen and oxygen atoms in total. The van der Waals surface area contributed by atoms with E-state index in [1.807, 2.05) is 13.0 Å². The van der Waals surface area contributed by atoms with Crippen LogP contribution in [-0.4, -0.2) is 45.4 Å². The lowest BCUT2D eigenvalue weighted by molar-refractivity contribution is 0.410. The van der Waals surface area contributed by atoms with Crippen LogP contribution in [0.15, 0.2) is 21.3 Å². The second-order valence-corrected chi connectivity index (χ2v) is 9.73. The lowest BCUT2D eigenvalue weighted by atomic mass is 9.96. The largest absolute Gasteiger partial charge is 0.357 e. The van der Waals surface area contributed by atoms with Gasteiger partial charge in [0.05, 0.1) is 6.54 Å². The summed E-state index contributed by atoms with van der Waals surface area (Å²) in [4.78, 5) is 5.56. The van der Waals surface area contributed by atoms with Gasteiger partial charge in [0.25, 0.3) is 10.0 Å². The van der Waals surface area contributed by atoms with Gasteiger partial charge in [-0.3, -0.25) is 0 Å². The number of rotatable bonds is 6. The number of guanidine groups is 1. The molecule has 0 aromatic carbocycles. The molecule has 2 N–H and O–H groups in total. The van der Waals surface area contributed by atoms with E-state index in [4.69, 9.17) is 0 Å². The molecule has 8 heteroatoms. The van der Waals surface area contributed by atoms with Crippen molar-refractivity contribution < 1.29 is 8.42 Å². The van der Waals surface area contributed by atoms with Gasteiger partial charge in [0.1, 0.15) is 4.21 Å². The first-order valence-corrected chi connectivity index (χ1v) is 10.7. The van der Waals surface area contributed by atoms with Crippen molar-refractivity contribution in [3.63, 3.8) is 0 Å². The van der Waals surface area contributed by atoms with Crippen LogP contribution in [0.1, 0.15) is 43.9 Å². The Morgan fingerprint density at radius 3 is 2.62 bits per heavy atom. The summed E-state index contributed by atoms with van der Waals surface area (Å²) in [7, 11) is -0.264. The number of aliphatic imine (C=N–C) groups is 1.